The lowest BCUT2D eigenvalue weighted by Gasteiger charge is -2.07. The molecule has 0 amide bonds. The van der Waals surface area contributed by atoms with E-state index in [1.54, 1.807) is 12.1 Å². The first-order valence-electron chi connectivity index (χ1n) is 8.19. The third-order valence-corrected chi connectivity index (χ3v) is 3.55. The first-order chi connectivity index (χ1) is 12.5. The lowest BCUT2D eigenvalue weighted by atomic mass is 10.1. The predicted octanol–water partition coefficient (Wildman–Crippen LogP) is 2.96. The number of hydrogen-bond acceptors (Lipinski definition) is 6. The Morgan fingerprint density at radius 2 is 1.69 bits per heavy atom. The summed E-state index contributed by atoms with van der Waals surface area (Å²) in [6.07, 6.45) is 3.45. The largest absolute Gasteiger partial charge is 0.462 e. The molecular formula is C20H22N2O4. The number of hydrogen-bond donors (Lipinski definition) is 2. The van der Waals surface area contributed by atoms with Gasteiger partial charge in [-0.15, -0.1) is 0 Å². The van der Waals surface area contributed by atoms with E-state index in [1.165, 1.54) is 18.2 Å². The van der Waals surface area contributed by atoms with Gasteiger partial charge in [-0.3, -0.25) is 0 Å². The average molecular weight is 354 g/mol. The minimum atomic E-state index is -0.534. The van der Waals surface area contributed by atoms with Crippen LogP contribution in [0, 0.1) is 6.92 Å². The average Bonchev–Trinajstić information content (AvgIpc) is 2.60. The molecule has 0 spiro atoms. The number of esters is 2. The summed E-state index contributed by atoms with van der Waals surface area (Å²) in [7, 11) is 0. The molecule has 0 atom stereocenters. The van der Waals surface area contributed by atoms with Gasteiger partial charge in [0.2, 0.25) is 0 Å². The number of carbonyl (C=O) groups excluding carboxylic acids is 2. The molecule has 0 aromatic heterocycles. The maximum Gasteiger partial charge on any atom is 0.340 e. The smallest absolute Gasteiger partial charge is 0.340 e. The normalized spacial score (nSPS) is 10.7. The van der Waals surface area contributed by atoms with E-state index in [4.69, 9.17) is 20.9 Å². The van der Waals surface area contributed by atoms with Crippen LogP contribution in [0.5, 0.6) is 0 Å². The first kappa shape index (κ1) is 19.1. The zero-order valence-corrected chi connectivity index (χ0v) is 14.6. The van der Waals surface area contributed by atoms with E-state index in [9.17, 15) is 9.59 Å². The van der Waals surface area contributed by atoms with Crippen molar-refractivity contribution < 1.29 is 19.1 Å². The number of carbonyl (C=O) groups is 2. The van der Waals surface area contributed by atoms with Crippen molar-refractivity contribution in [3.8, 4) is 0 Å². The number of nitrogen functional groups attached to an aromatic ring is 2. The van der Waals surface area contributed by atoms with Gasteiger partial charge in [-0.25, -0.2) is 9.59 Å². The number of rotatable bonds is 7. The van der Waals surface area contributed by atoms with Crippen LogP contribution in [0.15, 0.2) is 48.5 Å². The van der Waals surface area contributed by atoms with Crippen LogP contribution in [0.2, 0.25) is 0 Å². The quantitative estimate of drug-likeness (QED) is 0.343. The van der Waals surface area contributed by atoms with Crippen LogP contribution in [0.4, 0.5) is 11.4 Å². The number of nitrogens with two attached hydrogens (primary N) is 2. The Morgan fingerprint density at radius 3 is 2.38 bits per heavy atom. The van der Waals surface area contributed by atoms with Gasteiger partial charge in [0.25, 0.3) is 0 Å². The molecule has 0 bridgehead atoms. The summed E-state index contributed by atoms with van der Waals surface area (Å²) < 4.78 is 10.2. The third kappa shape index (κ3) is 5.98. The van der Waals surface area contributed by atoms with E-state index in [0.717, 1.165) is 11.1 Å². The number of anilines is 2. The molecule has 2 aromatic rings. The van der Waals surface area contributed by atoms with E-state index in [0.29, 0.717) is 12.1 Å². The molecule has 4 N–H and O–H groups in total. The summed E-state index contributed by atoms with van der Waals surface area (Å²) >= 11 is 0. The molecule has 6 nitrogen and oxygen atoms in total. The van der Waals surface area contributed by atoms with Crippen LogP contribution < -0.4 is 11.5 Å². The highest BCUT2D eigenvalue weighted by molar-refractivity contribution is 5.95. The van der Waals surface area contributed by atoms with E-state index >= 15 is 0 Å². The van der Waals surface area contributed by atoms with Crippen molar-refractivity contribution >= 4 is 29.4 Å². The van der Waals surface area contributed by atoms with E-state index < -0.39 is 11.9 Å². The summed E-state index contributed by atoms with van der Waals surface area (Å²) in [4.78, 5) is 23.5. The number of benzene rings is 2. The summed E-state index contributed by atoms with van der Waals surface area (Å²) in [5, 5.41) is 0. The zero-order valence-electron chi connectivity index (χ0n) is 14.6. The summed E-state index contributed by atoms with van der Waals surface area (Å²) in [5.41, 5.74) is 14.4. The number of ether oxygens (including phenoxy) is 2. The molecule has 2 rings (SSSR count). The minimum Gasteiger partial charge on any atom is -0.462 e. The molecule has 26 heavy (non-hydrogen) atoms. The molecule has 0 radical (unpaired) electrons. The van der Waals surface area contributed by atoms with Crippen molar-refractivity contribution in [2.45, 2.75) is 13.3 Å². The van der Waals surface area contributed by atoms with Gasteiger partial charge in [0.05, 0.1) is 18.8 Å². The fourth-order valence-electron chi connectivity index (χ4n) is 2.13. The zero-order chi connectivity index (χ0) is 18.9. The second-order valence-electron chi connectivity index (χ2n) is 5.75. The van der Waals surface area contributed by atoms with E-state index in [2.05, 4.69) is 0 Å². The molecule has 0 saturated carbocycles. The molecule has 2 aromatic carbocycles. The third-order valence-electron chi connectivity index (χ3n) is 3.55. The van der Waals surface area contributed by atoms with Crippen molar-refractivity contribution in [1.29, 1.82) is 0 Å². The SMILES string of the molecule is Cc1ccc(/C=C/C(=O)OCCCOC(=O)c2ccc(N)cc2N)cc1. The molecule has 136 valence electrons. The van der Waals surface area contributed by atoms with Gasteiger partial charge in [-0.05, 0) is 36.8 Å². The minimum absolute atomic E-state index is 0.123. The molecule has 0 unspecified atom stereocenters. The summed E-state index contributed by atoms with van der Waals surface area (Å²) in [6.45, 7) is 2.27. The van der Waals surface area contributed by atoms with Gasteiger partial charge in [-0.1, -0.05) is 29.8 Å². The van der Waals surface area contributed by atoms with E-state index in [-0.39, 0.29) is 24.5 Å². The Balaban J connectivity index is 1.67. The van der Waals surface area contributed by atoms with Gasteiger partial charge < -0.3 is 20.9 Å². The standard InChI is InChI=1S/C20H22N2O4/c1-14-3-5-15(6-4-14)7-10-19(23)25-11-2-12-26-20(24)17-9-8-16(21)13-18(17)22/h3-10,13H,2,11-12,21-22H2,1H3/b10-7+. The molecule has 0 aliphatic carbocycles. The number of aryl methyl sites for hydroxylation is 1. The summed E-state index contributed by atoms with van der Waals surface area (Å²) in [6, 6.07) is 12.4. The van der Waals surface area contributed by atoms with Crippen molar-refractivity contribution in [2.75, 3.05) is 24.7 Å². The van der Waals surface area contributed by atoms with Crippen LogP contribution in [0.3, 0.4) is 0 Å². The highest BCUT2D eigenvalue weighted by Gasteiger charge is 2.11. The van der Waals surface area contributed by atoms with Crippen LogP contribution in [0.1, 0.15) is 27.9 Å². The Hall–Kier alpha value is -3.28. The molecule has 0 aliphatic rings. The molecule has 0 aliphatic heterocycles. The maximum absolute atomic E-state index is 11.9. The van der Waals surface area contributed by atoms with Crippen LogP contribution in [-0.4, -0.2) is 25.2 Å². The predicted molar refractivity (Wildman–Crippen MR) is 101 cm³/mol. The lowest BCUT2D eigenvalue weighted by Crippen LogP contribution is -2.11. The fourth-order valence-corrected chi connectivity index (χ4v) is 2.13. The van der Waals surface area contributed by atoms with Crippen molar-refractivity contribution in [3.05, 3.63) is 65.2 Å². The van der Waals surface area contributed by atoms with Crippen LogP contribution in [-0.2, 0) is 14.3 Å². The first-order valence-corrected chi connectivity index (χ1v) is 8.19. The maximum atomic E-state index is 11.9. The van der Waals surface area contributed by atoms with Crippen molar-refractivity contribution in [2.24, 2.45) is 0 Å². The van der Waals surface area contributed by atoms with Gasteiger partial charge in [-0.2, -0.15) is 0 Å². The lowest BCUT2D eigenvalue weighted by molar-refractivity contribution is -0.137. The Morgan fingerprint density at radius 1 is 1.00 bits per heavy atom. The van der Waals surface area contributed by atoms with Gasteiger partial charge >= 0.3 is 11.9 Å². The monoisotopic (exact) mass is 354 g/mol. The molecule has 0 fully saturated rings. The Labute approximate surface area is 152 Å². The topological polar surface area (TPSA) is 105 Å². The van der Waals surface area contributed by atoms with Crippen molar-refractivity contribution in [1.82, 2.24) is 0 Å². The highest BCUT2D eigenvalue weighted by atomic mass is 16.5. The second kappa shape index (κ2) is 9.27. The second-order valence-corrected chi connectivity index (χ2v) is 5.75. The summed E-state index contributed by atoms with van der Waals surface area (Å²) in [5.74, 6) is -0.979. The fraction of sp³-hybridized carbons (Fsp3) is 0.200. The molecule has 6 heteroatoms. The Bertz CT molecular complexity index is 798. The molecule has 0 heterocycles. The van der Waals surface area contributed by atoms with Crippen LogP contribution in [0.25, 0.3) is 6.08 Å². The highest BCUT2D eigenvalue weighted by Crippen LogP contribution is 2.16. The van der Waals surface area contributed by atoms with Crippen LogP contribution >= 0.6 is 0 Å². The van der Waals surface area contributed by atoms with Gasteiger partial charge in [0, 0.05) is 23.9 Å². The molecule has 0 saturated heterocycles. The van der Waals surface area contributed by atoms with Crippen molar-refractivity contribution in [3.63, 3.8) is 0 Å². The van der Waals surface area contributed by atoms with Gasteiger partial charge in [0.15, 0.2) is 0 Å². The van der Waals surface area contributed by atoms with Gasteiger partial charge in [0.1, 0.15) is 0 Å². The Kier molecular flexibility index (Phi) is 6.79. The molecular weight excluding hydrogens is 332 g/mol. The van der Waals surface area contributed by atoms with E-state index in [1.807, 2.05) is 31.2 Å².